The van der Waals surface area contributed by atoms with Gasteiger partial charge < -0.3 is 19.3 Å². The zero-order valence-electron chi connectivity index (χ0n) is 15.7. The van der Waals surface area contributed by atoms with Crippen LogP contribution in [-0.4, -0.2) is 60.6 Å². The van der Waals surface area contributed by atoms with Crippen molar-refractivity contribution in [2.24, 2.45) is 0 Å². The van der Waals surface area contributed by atoms with E-state index in [0.29, 0.717) is 18.2 Å². The molecule has 0 aliphatic carbocycles. The van der Waals surface area contributed by atoms with Gasteiger partial charge in [0, 0.05) is 26.2 Å². The number of aromatic nitrogens is 2. The van der Waals surface area contributed by atoms with Crippen molar-refractivity contribution in [1.29, 1.82) is 0 Å². The van der Waals surface area contributed by atoms with Crippen LogP contribution in [0.4, 0.5) is 11.8 Å². The van der Waals surface area contributed by atoms with Gasteiger partial charge >= 0.3 is 0 Å². The van der Waals surface area contributed by atoms with Gasteiger partial charge in [0.15, 0.2) is 5.82 Å². The molecule has 2 atom stereocenters. The first-order valence-electron chi connectivity index (χ1n) is 9.18. The largest absolute Gasteiger partial charge is 0.372 e. The van der Waals surface area contributed by atoms with Crippen LogP contribution in [0.5, 0.6) is 0 Å². The number of nitrogens with zero attached hydrogens (tertiary/aromatic N) is 4. The van der Waals surface area contributed by atoms with E-state index in [0.717, 1.165) is 50.8 Å². The number of hydrogen-bond acceptors (Lipinski definition) is 6. The van der Waals surface area contributed by atoms with E-state index >= 15 is 0 Å². The van der Waals surface area contributed by atoms with E-state index in [1.165, 1.54) is 0 Å². The van der Waals surface area contributed by atoms with Gasteiger partial charge in [0.1, 0.15) is 5.02 Å². The Hall–Kier alpha value is -1.11. The highest BCUT2D eigenvalue weighted by Gasteiger charge is 2.34. The van der Waals surface area contributed by atoms with Crippen LogP contribution < -0.4 is 9.80 Å². The molecule has 0 bridgehead atoms. The van der Waals surface area contributed by atoms with Crippen LogP contribution in [0.2, 0.25) is 5.02 Å². The molecule has 1 aromatic heterocycles. The van der Waals surface area contributed by atoms with Crippen LogP contribution in [0, 0.1) is 0 Å². The molecule has 2 fully saturated rings. The van der Waals surface area contributed by atoms with Gasteiger partial charge in [0.2, 0.25) is 5.95 Å². The van der Waals surface area contributed by atoms with Gasteiger partial charge in [0.05, 0.1) is 30.6 Å². The maximum atomic E-state index is 6.44. The van der Waals surface area contributed by atoms with Crippen molar-refractivity contribution in [3.8, 4) is 0 Å². The highest BCUT2D eigenvalue weighted by atomic mass is 35.5. The lowest BCUT2D eigenvalue weighted by atomic mass is 10.0. The SMILES string of the molecule is CCC1(C)CN(c2ncc(Cl)c(N3CCOC(C)(CC)C3)n2)CCO1. The molecule has 6 nitrogen and oxygen atoms in total. The zero-order chi connectivity index (χ0) is 18.1. The predicted molar refractivity (Wildman–Crippen MR) is 101 cm³/mol. The summed E-state index contributed by atoms with van der Waals surface area (Å²) in [5.74, 6) is 1.53. The number of morpholine rings is 2. The van der Waals surface area contributed by atoms with E-state index in [4.69, 9.17) is 26.1 Å². The van der Waals surface area contributed by atoms with Gasteiger partial charge in [-0.05, 0) is 26.7 Å². The third-order valence-electron chi connectivity index (χ3n) is 5.47. The Balaban J connectivity index is 1.83. The Bertz CT molecular complexity index is 617. The number of hydrogen-bond donors (Lipinski definition) is 0. The fourth-order valence-corrected chi connectivity index (χ4v) is 3.57. The Kier molecular flexibility index (Phi) is 5.42. The zero-order valence-corrected chi connectivity index (χ0v) is 16.5. The quantitative estimate of drug-likeness (QED) is 0.813. The fourth-order valence-electron chi connectivity index (χ4n) is 3.36. The fraction of sp³-hybridized carbons (Fsp3) is 0.778. The lowest BCUT2D eigenvalue weighted by molar-refractivity contribution is -0.0447. The smallest absolute Gasteiger partial charge is 0.227 e. The van der Waals surface area contributed by atoms with Crippen molar-refractivity contribution in [1.82, 2.24) is 9.97 Å². The highest BCUT2D eigenvalue weighted by Crippen LogP contribution is 2.31. The van der Waals surface area contributed by atoms with Crippen molar-refractivity contribution in [3.05, 3.63) is 11.2 Å². The summed E-state index contributed by atoms with van der Waals surface area (Å²) in [7, 11) is 0. The monoisotopic (exact) mass is 368 g/mol. The van der Waals surface area contributed by atoms with Crippen LogP contribution in [-0.2, 0) is 9.47 Å². The normalized spacial score (nSPS) is 30.6. The lowest BCUT2D eigenvalue weighted by Crippen LogP contribution is -2.51. The molecular weight excluding hydrogens is 340 g/mol. The van der Waals surface area contributed by atoms with Crippen molar-refractivity contribution < 1.29 is 9.47 Å². The van der Waals surface area contributed by atoms with Crippen LogP contribution >= 0.6 is 11.6 Å². The number of anilines is 2. The average molecular weight is 369 g/mol. The van der Waals surface area contributed by atoms with E-state index < -0.39 is 0 Å². The first kappa shape index (κ1) is 18.7. The van der Waals surface area contributed by atoms with Crippen molar-refractivity contribution in [2.45, 2.75) is 51.7 Å². The first-order valence-corrected chi connectivity index (χ1v) is 9.56. The van der Waals surface area contributed by atoms with Crippen molar-refractivity contribution in [2.75, 3.05) is 49.2 Å². The summed E-state index contributed by atoms with van der Waals surface area (Å²) in [6.45, 7) is 13.1. The molecule has 0 aromatic carbocycles. The van der Waals surface area contributed by atoms with Crippen LogP contribution in [0.25, 0.3) is 0 Å². The predicted octanol–water partition coefficient (Wildman–Crippen LogP) is 3.14. The summed E-state index contributed by atoms with van der Waals surface area (Å²) in [6.07, 6.45) is 3.64. The van der Waals surface area contributed by atoms with E-state index in [2.05, 4.69) is 42.5 Å². The van der Waals surface area contributed by atoms with Crippen molar-refractivity contribution >= 4 is 23.4 Å². The molecule has 2 unspecified atom stereocenters. The summed E-state index contributed by atoms with van der Waals surface area (Å²) < 4.78 is 11.9. The first-order chi connectivity index (χ1) is 11.9. The van der Waals surface area contributed by atoms with E-state index in [9.17, 15) is 0 Å². The Morgan fingerprint density at radius 1 is 1.04 bits per heavy atom. The van der Waals surface area contributed by atoms with Gasteiger partial charge in [-0.1, -0.05) is 25.4 Å². The maximum absolute atomic E-state index is 6.44. The standard InChI is InChI=1S/C18H29ClN4O2/c1-5-17(3)12-22(7-9-24-17)15-14(19)11-20-16(21-15)23-8-10-25-18(4,6-2)13-23/h11H,5-10,12-13H2,1-4H3. The van der Waals surface area contributed by atoms with Gasteiger partial charge in [-0.2, -0.15) is 4.98 Å². The van der Waals surface area contributed by atoms with Crippen LogP contribution in [0.1, 0.15) is 40.5 Å². The molecule has 0 amide bonds. The third-order valence-corrected chi connectivity index (χ3v) is 5.73. The minimum absolute atomic E-state index is 0.152. The molecule has 2 saturated heterocycles. The van der Waals surface area contributed by atoms with Crippen LogP contribution in [0.15, 0.2) is 6.20 Å². The van der Waals surface area contributed by atoms with E-state index in [1.54, 1.807) is 6.20 Å². The molecule has 1 aromatic rings. The molecule has 0 radical (unpaired) electrons. The maximum Gasteiger partial charge on any atom is 0.227 e. The molecule has 25 heavy (non-hydrogen) atoms. The summed E-state index contributed by atoms with van der Waals surface area (Å²) in [5.41, 5.74) is -0.312. The summed E-state index contributed by atoms with van der Waals surface area (Å²) in [6, 6.07) is 0. The second-order valence-corrected chi connectivity index (χ2v) is 7.90. The summed E-state index contributed by atoms with van der Waals surface area (Å²) in [4.78, 5) is 13.7. The van der Waals surface area contributed by atoms with E-state index in [1.807, 2.05) is 0 Å². The van der Waals surface area contributed by atoms with Gasteiger partial charge in [0.25, 0.3) is 0 Å². The molecule has 7 heteroatoms. The second-order valence-electron chi connectivity index (χ2n) is 7.49. The van der Waals surface area contributed by atoms with Gasteiger partial charge in [-0.25, -0.2) is 4.98 Å². The number of ether oxygens (including phenoxy) is 2. The number of halogens is 1. The molecule has 2 aliphatic heterocycles. The Morgan fingerprint density at radius 3 is 2.20 bits per heavy atom. The third kappa shape index (κ3) is 4.01. The minimum atomic E-state index is -0.160. The molecule has 2 aliphatic rings. The molecule has 0 saturated carbocycles. The van der Waals surface area contributed by atoms with Crippen LogP contribution in [0.3, 0.4) is 0 Å². The molecule has 3 heterocycles. The summed E-state index contributed by atoms with van der Waals surface area (Å²) in [5, 5.41) is 0.593. The average Bonchev–Trinajstić information content (AvgIpc) is 2.62. The van der Waals surface area contributed by atoms with Crippen molar-refractivity contribution in [3.63, 3.8) is 0 Å². The molecular formula is C18H29ClN4O2. The highest BCUT2D eigenvalue weighted by molar-refractivity contribution is 6.32. The van der Waals surface area contributed by atoms with Gasteiger partial charge in [-0.3, -0.25) is 0 Å². The Morgan fingerprint density at radius 2 is 1.60 bits per heavy atom. The van der Waals surface area contributed by atoms with Gasteiger partial charge in [-0.15, -0.1) is 0 Å². The van der Waals surface area contributed by atoms with E-state index in [-0.39, 0.29) is 11.2 Å². The topological polar surface area (TPSA) is 50.7 Å². The second kappa shape index (κ2) is 7.25. The molecule has 0 spiro atoms. The molecule has 0 N–H and O–H groups in total. The number of rotatable bonds is 4. The molecule has 3 rings (SSSR count). The molecule has 140 valence electrons. The minimum Gasteiger partial charge on any atom is -0.372 e. The Labute approximate surface area is 155 Å². The summed E-state index contributed by atoms with van der Waals surface area (Å²) >= 11 is 6.44. The lowest BCUT2D eigenvalue weighted by Gasteiger charge is -2.42.